The molecule has 0 saturated carbocycles. The van der Waals surface area contributed by atoms with Gasteiger partial charge in [-0.15, -0.1) is 0 Å². The molecule has 0 atom stereocenters. The van der Waals surface area contributed by atoms with Crippen molar-refractivity contribution in [3.05, 3.63) is 24.2 Å². The van der Waals surface area contributed by atoms with E-state index in [0.29, 0.717) is 25.3 Å². The van der Waals surface area contributed by atoms with Crippen LogP contribution in [-0.2, 0) is 0 Å². The third kappa shape index (κ3) is 1.42. The molecule has 4 heteroatoms. The van der Waals surface area contributed by atoms with Crippen LogP contribution in [0, 0.1) is 0 Å². The normalized spacial score (nSPS) is 19.1. The zero-order valence-electron chi connectivity index (χ0n) is 8.06. The molecular formula is C10H13NO3. The number of hydrogen-bond donors (Lipinski definition) is 1. The maximum atomic E-state index is 11.6. The lowest BCUT2D eigenvalue weighted by atomic mass is 9.91. The van der Waals surface area contributed by atoms with E-state index < -0.39 is 5.60 Å². The fraction of sp³-hybridized carbons (Fsp3) is 0.500. The molecule has 1 fully saturated rings. The lowest BCUT2D eigenvalue weighted by Gasteiger charge is -2.45. The van der Waals surface area contributed by atoms with Crippen molar-refractivity contribution < 1.29 is 14.3 Å². The number of furan rings is 1. The first-order valence-electron chi connectivity index (χ1n) is 4.70. The zero-order chi connectivity index (χ0) is 10.2. The lowest BCUT2D eigenvalue weighted by molar-refractivity contribution is -0.0834. The fourth-order valence-corrected chi connectivity index (χ4v) is 1.59. The lowest BCUT2D eigenvalue weighted by Crippen LogP contribution is -2.63. The molecule has 0 spiro atoms. The monoisotopic (exact) mass is 195 g/mol. The van der Waals surface area contributed by atoms with Crippen LogP contribution in [0.4, 0.5) is 0 Å². The Bertz CT molecular complexity index is 325. The van der Waals surface area contributed by atoms with Gasteiger partial charge in [0.2, 0.25) is 0 Å². The first-order valence-corrected chi connectivity index (χ1v) is 4.70. The number of carbonyl (C=O) groups is 1. The maximum absolute atomic E-state index is 11.6. The van der Waals surface area contributed by atoms with Crippen molar-refractivity contribution in [1.29, 1.82) is 0 Å². The molecule has 1 aliphatic rings. The minimum Gasteiger partial charge on any atom is -0.459 e. The summed E-state index contributed by atoms with van der Waals surface area (Å²) in [5.74, 6) is 0.191. The minimum atomic E-state index is -0.678. The van der Waals surface area contributed by atoms with Crippen molar-refractivity contribution in [3.63, 3.8) is 0 Å². The first-order chi connectivity index (χ1) is 6.64. The number of hydrogen-bond acceptors (Lipinski definition) is 3. The summed E-state index contributed by atoms with van der Waals surface area (Å²) in [4.78, 5) is 13.2. The predicted octanol–water partition coefficient (Wildman–Crippen LogP) is 0.877. The van der Waals surface area contributed by atoms with Gasteiger partial charge in [0.05, 0.1) is 25.0 Å². The minimum absolute atomic E-state index is 0.145. The van der Waals surface area contributed by atoms with E-state index >= 15 is 0 Å². The van der Waals surface area contributed by atoms with Gasteiger partial charge in [0.1, 0.15) is 0 Å². The number of likely N-dealkylation sites (tertiary alicyclic amines) is 1. The number of rotatable bonds is 2. The molecule has 4 nitrogen and oxygen atoms in total. The number of β-amino-alcohol motifs (C(OH)–C–C–N with tert-alkyl or cyclic N) is 1. The second-order valence-electron chi connectivity index (χ2n) is 3.72. The van der Waals surface area contributed by atoms with E-state index in [1.54, 1.807) is 17.0 Å². The van der Waals surface area contributed by atoms with Gasteiger partial charge in [-0.25, -0.2) is 0 Å². The van der Waals surface area contributed by atoms with Gasteiger partial charge in [-0.2, -0.15) is 0 Å². The van der Waals surface area contributed by atoms with Crippen molar-refractivity contribution in [2.45, 2.75) is 18.9 Å². The Hall–Kier alpha value is -1.29. The van der Waals surface area contributed by atoms with E-state index in [2.05, 4.69) is 0 Å². The molecule has 76 valence electrons. The van der Waals surface area contributed by atoms with Gasteiger partial charge in [0.25, 0.3) is 5.91 Å². The van der Waals surface area contributed by atoms with Crippen molar-refractivity contribution >= 4 is 5.91 Å². The van der Waals surface area contributed by atoms with E-state index in [4.69, 9.17) is 4.42 Å². The highest BCUT2D eigenvalue weighted by atomic mass is 16.3. The SMILES string of the molecule is CCC1(O)CN(C(=O)c2ccco2)C1. The van der Waals surface area contributed by atoms with Crippen molar-refractivity contribution in [2.75, 3.05) is 13.1 Å². The van der Waals surface area contributed by atoms with Crippen LogP contribution in [0.1, 0.15) is 23.9 Å². The third-order valence-corrected chi connectivity index (χ3v) is 2.65. The molecule has 14 heavy (non-hydrogen) atoms. The molecule has 0 unspecified atom stereocenters. The molecule has 0 bridgehead atoms. The molecule has 1 aliphatic heterocycles. The Labute approximate surface area is 82.1 Å². The second kappa shape index (κ2) is 3.13. The molecule has 1 aromatic rings. The van der Waals surface area contributed by atoms with Crippen LogP contribution >= 0.6 is 0 Å². The molecule has 0 aliphatic carbocycles. The van der Waals surface area contributed by atoms with E-state index in [1.165, 1.54) is 6.26 Å². The largest absolute Gasteiger partial charge is 0.459 e. The van der Waals surface area contributed by atoms with Gasteiger partial charge in [-0.3, -0.25) is 4.79 Å². The molecule has 2 heterocycles. The van der Waals surface area contributed by atoms with E-state index in [1.807, 2.05) is 6.92 Å². The van der Waals surface area contributed by atoms with Gasteiger partial charge in [-0.1, -0.05) is 6.92 Å². The van der Waals surface area contributed by atoms with E-state index in [0.717, 1.165) is 0 Å². The van der Waals surface area contributed by atoms with Crippen LogP contribution < -0.4 is 0 Å². The Morgan fingerprint density at radius 3 is 2.93 bits per heavy atom. The highest BCUT2D eigenvalue weighted by molar-refractivity contribution is 5.92. The standard InChI is InChI=1S/C10H13NO3/c1-2-10(13)6-11(7-10)9(12)8-4-3-5-14-8/h3-5,13H,2,6-7H2,1H3. The molecule has 0 aromatic carbocycles. The van der Waals surface area contributed by atoms with Crippen molar-refractivity contribution in [1.82, 2.24) is 4.90 Å². The summed E-state index contributed by atoms with van der Waals surface area (Å²) in [6, 6.07) is 3.31. The number of nitrogens with zero attached hydrogens (tertiary/aromatic N) is 1. The van der Waals surface area contributed by atoms with Crippen LogP contribution in [0.25, 0.3) is 0 Å². The zero-order valence-corrected chi connectivity index (χ0v) is 8.06. The number of aliphatic hydroxyl groups is 1. The van der Waals surface area contributed by atoms with E-state index in [-0.39, 0.29) is 5.91 Å². The summed E-state index contributed by atoms with van der Waals surface area (Å²) in [6.45, 7) is 2.72. The van der Waals surface area contributed by atoms with Gasteiger partial charge >= 0.3 is 0 Å². The summed E-state index contributed by atoms with van der Waals surface area (Å²) in [7, 11) is 0. The Balaban J connectivity index is 1.98. The summed E-state index contributed by atoms with van der Waals surface area (Å²) in [6.07, 6.45) is 2.15. The molecular weight excluding hydrogens is 182 g/mol. The van der Waals surface area contributed by atoms with Crippen LogP contribution in [0.5, 0.6) is 0 Å². The van der Waals surface area contributed by atoms with Crippen LogP contribution in [0.2, 0.25) is 0 Å². The van der Waals surface area contributed by atoms with Crippen molar-refractivity contribution in [3.8, 4) is 0 Å². The fourth-order valence-electron chi connectivity index (χ4n) is 1.59. The smallest absolute Gasteiger partial charge is 0.289 e. The summed E-state index contributed by atoms with van der Waals surface area (Å²) in [5.41, 5.74) is -0.678. The molecule has 1 N–H and O–H groups in total. The Morgan fingerprint density at radius 2 is 2.43 bits per heavy atom. The van der Waals surface area contributed by atoms with Crippen LogP contribution in [0.3, 0.4) is 0 Å². The average molecular weight is 195 g/mol. The average Bonchev–Trinajstić information content (AvgIpc) is 2.64. The number of carbonyl (C=O) groups excluding carboxylic acids is 1. The Kier molecular flexibility index (Phi) is 2.07. The quantitative estimate of drug-likeness (QED) is 0.762. The van der Waals surface area contributed by atoms with Gasteiger partial charge < -0.3 is 14.4 Å². The second-order valence-corrected chi connectivity index (χ2v) is 3.72. The van der Waals surface area contributed by atoms with Gasteiger partial charge in [0.15, 0.2) is 5.76 Å². The molecule has 1 saturated heterocycles. The van der Waals surface area contributed by atoms with E-state index in [9.17, 15) is 9.90 Å². The molecule has 1 aromatic heterocycles. The third-order valence-electron chi connectivity index (χ3n) is 2.65. The molecule has 0 radical (unpaired) electrons. The molecule has 2 rings (SSSR count). The summed E-state index contributed by atoms with van der Waals surface area (Å²) in [5, 5.41) is 9.71. The summed E-state index contributed by atoms with van der Waals surface area (Å²) >= 11 is 0. The first kappa shape index (κ1) is 9.27. The Morgan fingerprint density at radius 1 is 1.71 bits per heavy atom. The van der Waals surface area contributed by atoms with Gasteiger partial charge in [0, 0.05) is 0 Å². The molecule has 1 amide bonds. The van der Waals surface area contributed by atoms with Gasteiger partial charge in [-0.05, 0) is 18.6 Å². The van der Waals surface area contributed by atoms with Crippen LogP contribution in [-0.4, -0.2) is 34.6 Å². The van der Waals surface area contributed by atoms with Crippen LogP contribution in [0.15, 0.2) is 22.8 Å². The number of amides is 1. The predicted molar refractivity (Wildman–Crippen MR) is 49.9 cm³/mol. The maximum Gasteiger partial charge on any atom is 0.289 e. The topological polar surface area (TPSA) is 53.7 Å². The highest BCUT2D eigenvalue weighted by Gasteiger charge is 2.42. The summed E-state index contributed by atoms with van der Waals surface area (Å²) < 4.78 is 4.98. The highest BCUT2D eigenvalue weighted by Crippen LogP contribution is 2.25. The van der Waals surface area contributed by atoms with Crippen molar-refractivity contribution in [2.24, 2.45) is 0 Å².